The molecule has 1 amide bonds. The van der Waals surface area contributed by atoms with Gasteiger partial charge >= 0.3 is 6.09 Å². The van der Waals surface area contributed by atoms with Crippen molar-refractivity contribution in [2.24, 2.45) is 7.05 Å². The normalized spacial score (nSPS) is 25.5. The van der Waals surface area contributed by atoms with Gasteiger partial charge in [-0.15, -0.1) is 0 Å². The standard InChI is InChI=1S/C28H41ClN4O3/c1-19-14-26(31-32(19)5)21-8-12-23(13-9-21)33-17-25(16-30-27(34)36-28(2,3)4)35-18-24(33)15-20-6-10-22(29)11-7-20/h6-7,10-11,14,21,23-25H,8-9,12-13,15-18H2,1-5H3,(H,30,34)/t21?,23?,24-,25-/m0/s1. The lowest BCUT2D eigenvalue weighted by atomic mass is 9.82. The lowest BCUT2D eigenvalue weighted by Crippen LogP contribution is -2.57. The molecule has 8 heteroatoms. The zero-order chi connectivity index (χ0) is 25.9. The highest BCUT2D eigenvalue weighted by atomic mass is 35.5. The third-order valence-corrected chi connectivity index (χ3v) is 7.63. The second-order valence-corrected chi connectivity index (χ2v) is 11.8. The number of halogens is 1. The molecule has 1 aromatic carbocycles. The Kier molecular flexibility index (Phi) is 8.63. The summed E-state index contributed by atoms with van der Waals surface area (Å²) >= 11 is 6.11. The molecule has 0 bridgehead atoms. The lowest BCUT2D eigenvalue weighted by molar-refractivity contribution is -0.0830. The van der Waals surface area contributed by atoms with Gasteiger partial charge in [-0.05, 0) is 83.6 Å². The van der Waals surface area contributed by atoms with Gasteiger partial charge in [-0.1, -0.05) is 23.7 Å². The molecule has 2 heterocycles. The van der Waals surface area contributed by atoms with Gasteiger partial charge in [-0.2, -0.15) is 5.10 Å². The molecule has 36 heavy (non-hydrogen) atoms. The molecule has 2 aromatic rings. The summed E-state index contributed by atoms with van der Waals surface area (Å²) in [4.78, 5) is 14.8. The van der Waals surface area contributed by atoms with Crippen LogP contribution >= 0.6 is 11.6 Å². The van der Waals surface area contributed by atoms with Gasteiger partial charge in [-0.25, -0.2) is 4.79 Å². The number of nitrogens with one attached hydrogen (secondary N) is 1. The van der Waals surface area contributed by atoms with E-state index in [1.807, 2.05) is 44.6 Å². The monoisotopic (exact) mass is 516 g/mol. The van der Waals surface area contributed by atoms with Crippen LogP contribution in [0.3, 0.4) is 0 Å². The first-order valence-electron chi connectivity index (χ1n) is 13.2. The van der Waals surface area contributed by atoms with Crippen LogP contribution in [0.15, 0.2) is 30.3 Å². The molecule has 2 atom stereocenters. The van der Waals surface area contributed by atoms with E-state index in [1.54, 1.807) is 0 Å². The van der Waals surface area contributed by atoms with Crippen LogP contribution in [0.5, 0.6) is 0 Å². The number of alkyl carbamates (subject to hydrolysis) is 1. The van der Waals surface area contributed by atoms with Crippen molar-refractivity contribution in [2.45, 2.75) is 89.5 Å². The number of morpholine rings is 1. The molecule has 1 aromatic heterocycles. The first kappa shape index (κ1) is 27.0. The molecule has 1 saturated heterocycles. The van der Waals surface area contributed by atoms with Gasteiger partial charge in [0.1, 0.15) is 5.60 Å². The van der Waals surface area contributed by atoms with Crippen LogP contribution in [0, 0.1) is 6.92 Å². The maximum Gasteiger partial charge on any atom is 0.407 e. The summed E-state index contributed by atoms with van der Waals surface area (Å²) in [5, 5.41) is 8.41. The lowest BCUT2D eigenvalue weighted by Gasteiger charge is -2.46. The fraction of sp³-hybridized carbons (Fsp3) is 0.643. The van der Waals surface area contributed by atoms with E-state index in [0.29, 0.717) is 31.2 Å². The Labute approximate surface area is 220 Å². The Morgan fingerprint density at radius 1 is 1.19 bits per heavy atom. The molecule has 4 rings (SSSR count). The molecule has 1 aliphatic carbocycles. The van der Waals surface area contributed by atoms with E-state index in [0.717, 1.165) is 43.7 Å². The Morgan fingerprint density at radius 2 is 1.89 bits per heavy atom. The summed E-state index contributed by atoms with van der Waals surface area (Å²) in [5.41, 5.74) is 3.19. The number of ether oxygens (including phenoxy) is 2. The second-order valence-electron chi connectivity index (χ2n) is 11.4. The molecular weight excluding hydrogens is 476 g/mol. The Bertz CT molecular complexity index is 989. The van der Waals surface area contributed by atoms with Gasteiger partial charge in [-0.3, -0.25) is 9.58 Å². The van der Waals surface area contributed by atoms with Gasteiger partial charge in [0.25, 0.3) is 0 Å². The van der Waals surface area contributed by atoms with Crippen LogP contribution in [-0.2, 0) is 22.9 Å². The fourth-order valence-electron chi connectivity index (χ4n) is 5.42. The van der Waals surface area contributed by atoms with E-state index in [4.69, 9.17) is 26.2 Å². The minimum atomic E-state index is -0.516. The van der Waals surface area contributed by atoms with E-state index in [1.165, 1.54) is 17.0 Å². The van der Waals surface area contributed by atoms with Crippen LogP contribution in [0.2, 0.25) is 5.02 Å². The summed E-state index contributed by atoms with van der Waals surface area (Å²) < 4.78 is 13.6. The molecule has 0 radical (unpaired) electrons. The van der Waals surface area contributed by atoms with Crippen LogP contribution in [0.4, 0.5) is 4.79 Å². The summed E-state index contributed by atoms with van der Waals surface area (Å²) in [6, 6.07) is 11.2. The van der Waals surface area contributed by atoms with Crippen LogP contribution in [0.1, 0.15) is 69.3 Å². The molecular formula is C28H41ClN4O3. The van der Waals surface area contributed by atoms with Gasteiger partial charge in [0, 0.05) is 48.9 Å². The molecule has 0 unspecified atom stereocenters. The summed E-state index contributed by atoms with van der Waals surface area (Å²) in [5.74, 6) is 0.529. The van der Waals surface area contributed by atoms with Crippen LogP contribution in [0.25, 0.3) is 0 Å². The fourth-order valence-corrected chi connectivity index (χ4v) is 5.55. The minimum Gasteiger partial charge on any atom is -0.444 e. The number of hydrogen-bond donors (Lipinski definition) is 1. The van der Waals surface area contributed by atoms with E-state index >= 15 is 0 Å². The Balaban J connectivity index is 1.40. The van der Waals surface area contributed by atoms with Gasteiger partial charge < -0.3 is 14.8 Å². The molecule has 7 nitrogen and oxygen atoms in total. The largest absolute Gasteiger partial charge is 0.444 e. The van der Waals surface area contributed by atoms with Crippen LogP contribution in [-0.4, -0.2) is 64.3 Å². The quantitative estimate of drug-likeness (QED) is 0.568. The topological polar surface area (TPSA) is 68.6 Å². The van der Waals surface area contributed by atoms with E-state index < -0.39 is 11.7 Å². The Hall–Kier alpha value is -2.09. The van der Waals surface area contributed by atoms with Crippen molar-refractivity contribution in [1.82, 2.24) is 20.0 Å². The van der Waals surface area contributed by atoms with Crippen molar-refractivity contribution in [3.05, 3.63) is 52.3 Å². The number of hydrogen-bond acceptors (Lipinski definition) is 5. The highest BCUT2D eigenvalue weighted by Crippen LogP contribution is 2.36. The van der Waals surface area contributed by atoms with E-state index in [9.17, 15) is 4.79 Å². The summed E-state index contributed by atoms with van der Waals surface area (Å²) in [7, 11) is 2.02. The zero-order valence-electron chi connectivity index (χ0n) is 22.3. The predicted molar refractivity (Wildman–Crippen MR) is 143 cm³/mol. The molecule has 198 valence electrons. The molecule has 1 aliphatic heterocycles. The van der Waals surface area contributed by atoms with E-state index in [2.05, 4.69) is 35.3 Å². The first-order valence-corrected chi connectivity index (χ1v) is 13.5. The summed E-state index contributed by atoms with van der Waals surface area (Å²) in [6.45, 7) is 9.61. The molecule has 0 spiro atoms. The number of amides is 1. The average molecular weight is 517 g/mol. The maximum atomic E-state index is 12.2. The van der Waals surface area contributed by atoms with Gasteiger partial charge in [0.05, 0.1) is 18.4 Å². The number of carbonyl (C=O) groups excluding carboxylic acids is 1. The van der Waals surface area contributed by atoms with Gasteiger partial charge in [0.2, 0.25) is 0 Å². The predicted octanol–water partition coefficient (Wildman–Crippen LogP) is 5.24. The van der Waals surface area contributed by atoms with Crippen molar-refractivity contribution in [3.8, 4) is 0 Å². The van der Waals surface area contributed by atoms with Gasteiger partial charge in [0.15, 0.2) is 0 Å². The number of aromatic nitrogens is 2. The highest BCUT2D eigenvalue weighted by molar-refractivity contribution is 6.30. The molecule has 2 fully saturated rings. The number of nitrogens with zero attached hydrogens (tertiary/aromatic N) is 3. The Morgan fingerprint density at radius 3 is 2.50 bits per heavy atom. The van der Waals surface area contributed by atoms with Crippen molar-refractivity contribution >= 4 is 17.7 Å². The first-order chi connectivity index (χ1) is 17.1. The second kappa shape index (κ2) is 11.5. The smallest absolute Gasteiger partial charge is 0.407 e. The number of carbonyl (C=O) groups is 1. The number of benzene rings is 1. The third kappa shape index (κ3) is 7.24. The molecule has 1 N–H and O–H groups in total. The van der Waals surface area contributed by atoms with Crippen molar-refractivity contribution in [2.75, 3.05) is 19.7 Å². The number of rotatable bonds is 6. The van der Waals surface area contributed by atoms with Crippen LogP contribution < -0.4 is 5.32 Å². The molecule has 2 aliphatic rings. The van der Waals surface area contributed by atoms with Crippen molar-refractivity contribution in [1.29, 1.82) is 0 Å². The van der Waals surface area contributed by atoms with Crippen molar-refractivity contribution < 1.29 is 14.3 Å². The summed E-state index contributed by atoms with van der Waals surface area (Å²) in [6.07, 6.45) is 5.04. The van der Waals surface area contributed by atoms with E-state index in [-0.39, 0.29) is 6.10 Å². The minimum absolute atomic E-state index is 0.0600. The maximum absolute atomic E-state index is 12.2. The number of aryl methyl sites for hydroxylation is 2. The third-order valence-electron chi connectivity index (χ3n) is 7.38. The van der Waals surface area contributed by atoms with Crippen molar-refractivity contribution in [3.63, 3.8) is 0 Å². The average Bonchev–Trinajstić information content (AvgIpc) is 3.17. The molecule has 1 saturated carbocycles. The SMILES string of the molecule is Cc1cc(C2CCC(N3C[C@H](CNC(=O)OC(C)(C)C)OC[C@@H]3Cc3ccc(Cl)cc3)CC2)nn1C. The highest BCUT2D eigenvalue weighted by Gasteiger charge is 2.36. The zero-order valence-corrected chi connectivity index (χ0v) is 23.1.